The molecule has 4 rings (SSSR count). The lowest BCUT2D eigenvalue weighted by Gasteiger charge is -2.14. The summed E-state index contributed by atoms with van der Waals surface area (Å²) in [6.45, 7) is 0.607. The standard InChI is InChI=1S/C25H21FN2O2/c26-19-12-11-18(15-27)17(14-19)6-5-13-28-25(29)30-16-24-22-9-3-1-7-20(22)21-8-2-4-10-23(21)24/h1-4,7-12,14,24H,13,15-16,27H2,(H,28,29). The lowest BCUT2D eigenvalue weighted by Crippen LogP contribution is -2.26. The van der Waals surface area contributed by atoms with Crippen LogP contribution in [0.2, 0.25) is 0 Å². The number of carbonyl (C=O) groups excluding carboxylic acids is 1. The molecule has 0 unspecified atom stereocenters. The third kappa shape index (κ3) is 4.05. The second-order valence-electron chi connectivity index (χ2n) is 6.99. The van der Waals surface area contributed by atoms with Crippen LogP contribution in [0.25, 0.3) is 11.1 Å². The molecular formula is C25H21FN2O2. The molecular weight excluding hydrogens is 379 g/mol. The third-order valence-corrected chi connectivity index (χ3v) is 5.18. The van der Waals surface area contributed by atoms with E-state index in [1.165, 1.54) is 23.3 Å². The molecule has 0 aliphatic heterocycles. The first-order chi connectivity index (χ1) is 14.7. The van der Waals surface area contributed by atoms with Gasteiger partial charge in [0.05, 0.1) is 6.54 Å². The minimum Gasteiger partial charge on any atom is -0.449 e. The summed E-state index contributed by atoms with van der Waals surface area (Å²) in [5, 5.41) is 2.62. The number of nitrogens with two attached hydrogens (primary N) is 1. The van der Waals surface area contributed by atoms with Crippen LogP contribution in [0, 0.1) is 17.7 Å². The highest BCUT2D eigenvalue weighted by atomic mass is 19.1. The molecule has 30 heavy (non-hydrogen) atoms. The van der Waals surface area contributed by atoms with E-state index in [0.717, 1.165) is 16.7 Å². The predicted octanol–water partition coefficient (Wildman–Crippen LogP) is 4.17. The summed E-state index contributed by atoms with van der Waals surface area (Å²) in [5.41, 5.74) is 11.6. The van der Waals surface area contributed by atoms with Gasteiger partial charge in [-0.15, -0.1) is 0 Å². The Morgan fingerprint density at radius 1 is 1.03 bits per heavy atom. The quantitative estimate of drug-likeness (QED) is 0.646. The smallest absolute Gasteiger partial charge is 0.407 e. The fourth-order valence-corrected chi connectivity index (χ4v) is 3.75. The highest BCUT2D eigenvalue weighted by Crippen LogP contribution is 2.44. The Morgan fingerprint density at radius 3 is 2.37 bits per heavy atom. The van der Waals surface area contributed by atoms with Crippen molar-refractivity contribution in [1.29, 1.82) is 0 Å². The van der Waals surface area contributed by atoms with Gasteiger partial charge in [-0.25, -0.2) is 9.18 Å². The van der Waals surface area contributed by atoms with Gasteiger partial charge in [0.2, 0.25) is 0 Å². The first kappa shape index (κ1) is 19.7. The van der Waals surface area contributed by atoms with Crippen LogP contribution in [0.3, 0.4) is 0 Å². The van der Waals surface area contributed by atoms with Gasteiger partial charge in [-0.05, 0) is 39.9 Å². The summed E-state index contributed by atoms with van der Waals surface area (Å²) in [5.74, 6) is 5.29. The fourth-order valence-electron chi connectivity index (χ4n) is 3.75. The van der Waals surface area contributed by atoms with Crippen LogP contribution in [0.15, 0.2) is 66.7 Å². The molecule has 150 valence electrons. The molecule has 5 heteroatoms. The molecule has 0 saturated heterocycles. The highest BCUT2D eigenvalue weighted by Gasteiger charge is 2.28. The number of carbonyl (C=O) groups is 1. The zero-order chi connectivity index (χ0) is 20.9. The first-order valence-electron chi connectivity index (χ1n) is 9.73. The molecule has 4 nitrogen and oxygen atoms in total. The maximum atomic E-state index is 13.4. The van der Waals surface area contributed by atoms with Crippen molar-refractivity contribution in [1.82, 2.24) is 5.32 Å². The molecule has 0 heterocycles. The molecule has 1 amide bonds. The molecule has 0 saturated carbocycles. The van der Waals surface area contributed by atoms with E-state index in [4.69, 9.17) is 10.5 Å². The van der Waals surface area contributed by atoms with Crippen molar-refractivity contribution in [3.05, 3.63) is 94.8 Å². The van der Waals surface area contributed by atoms with Gasteiger partial charge < -0.3 is 15.8 Å². The van der Waals surface area contributed by atoms with Crippen molar-refractivity contribution in [2.24, 2.45) is 5.73 Å². The Bertz CT molecular complexity index is 1100. The van der Waals surface area contributed by atoms with Crippen LogP contribution in [0.5, 0.6) is 0 Å². The molecule has 1 aliphatic carbocycles. The van der Waals surface area contributed by atoms with Crippen molar-refractivity contribution in [2.75, 3.05) is 13.2 Å². The van der Waals surface area contributed by atoms with Crippen LogP contribution < -0.4 is 11.1 Å². The van der Waals surface area contributed by atoms with Crippen molar-refractivity contribution >= 4 is 6.09 Å². The molecule has 3 aromatic rings. The topological polar surface area (TPSA) is 64.3 Å². The van der Waals surface area contributed by atoms with Gasteiger partial charge >= 0.3 is 6.09 Å². The second-order valence-corrected chi connectivity index (χ2v) is 6.99. The molecule has 3 N–H and O–H groups in total. The number of nitrogens with one attached hydrogen (secondary N) is 1. The molecule has 0 fully saturated rings. The first-order valence-corrected chi connectivity index (χ1v) is 9.73. The van der Waals surface area contributed by atoms with Gasteiger partial charge in [-0.2, -0.15) is 0 Å². The monoisotopic (exact) mass is 400 g/mol. The zero-order valence-electron chi connectivity index (χ0n) is 16.3. The van der Waals surface area contributed by atoms with Crippen LogP contribution in [-0.4, -0.2) is 19.2 Å². The number of benzene rings is 3. The number of hydrogen-bond donors (Lipinski definition) is 2. The van der Waals surface area contributed by atoms with Gasteiger partial charge in [0.25, 0.3) is 0 Å². The van der Waals surface area contributed by atoms with Gasteiger partial charge in [0.15, 0.2) is 0 Å². The number of halogens is 1. The lowest BCUT2D eigenvalue weighted by atomic mass is 9.98. The highest BCUT2D eigenvalue weighted by molar-refractivity contribution is 5.79. The van der Waals surface area contributed by atoms with Gasteiger partial charge in [0, 0.05) is 18.0 Å². The number of alkyl carbamates (subject to hydrolysis) is 1. The average Bonchev–Trinajstić information content (AvgIpc) is 3.09. The van der Waals surface area contributed by atoms with Gasteiger partial charge in [-0.1, -0.05) is 66.4 Å². The van der Waals surface area contributed by atoms with Crippen molar-refractivity contribution < 1.29 is 13.9 Å². The van der Waals surface area contributed by atoms with E-state index in [2.05, 4.69) is 41.4 Å². The molecule has 0 spiro atoms. The number of amides is 1. The Morgan fingerprint density at radius 2 is 1.70 bits per heavy atom. The molecule has 0 aromatic heterocycles. The third-order valence-electron chi connectivity index (χ3n) is 5.18. The summed E-state index contributed by atoms with van der Waals surface area (Å²) in [6, 6.07) is 20.6. The average molecular weight is 400 g/mol. The molecule has 0 bridgehead atoms. The van der Waals surface area contributed by atoms with Gasteiger partial charge in [0.1, 0.15) is 12.4 Å². The number of rotatable bonds is 4. The zero-order valence-corrected chi connectivity index (χ0v) is 16.3. The van der Waals surface area contributed by atoms with E-state index in [0.29, 0.717) is 5.56 Å². The molecule has 1 aliphatic rings. The van der Waals surface area contributed by atoms with Crippen LogP contribution >= 0.6 is 0 Å². The van der Waals surface area contributed by atoms with Crippen molar-refractivity contribution in [3.8, 4) is 23.0 Å². The van der Waals surface area contributed by atoms with Crippen LogP contribution in [0.4, 0.5) is 9.18 Å². The maximum Gasteiger partial charge on any atom is 0.407 e. The SMILES string of the molecule is NCc1ccc(F)cc1C#CCNC(=O)OCC1c2ccccc2-c2ccccc21. The Hall–Kier alpha value is -3.62. The Labute approximate surface area is 174 Å². The lowest BCUT2D eigenvalue weighted by molar-refractivity contribution is 0.144. The molecule has 0 atom stereocenters. The molecule has 3 aromatic carbocycles. The Balaban J connectivity index is 1.36. The second kappa shape index (κ2) is 8.81. The number of fused-ring (bicyclic) bond motifs is 3. The minimum atomic E-state index is -0.538. The van der Waals surface area contributed by atoms with E-state index in [-0.39, 0.29) is 31.4 Å². The predicted molar refractivity (Wildman–Crippen MR) is 114 cm³/mol. The van der Waals surface area contributed by atoms with E-state index >= 15 is 0 Å². The van der Waals surface area contributed by atoms with Crippen LogP contribution in [-0.2, 0) is 11.3 Å². The summed E-state index contributed by atoms with van der Waals surface area (Å²) in [7, 11) is 0. The van der Waals surface area contributed by atoms with E-state index < -0.39 is 6.09 Å². The normalized spacial score (nSPS) is 11.8. The van der Waals surface area contributed by atoms with Crippen molar-refractivity contribution in [2.45, 2.75) is 12.5 Å². The van der Waals surface area contributed by atoms with Crippen LogP contribution in [0.1, 0.15) is 28.2 Å². The Kier molecular flexibility index (Phi) is 5.78. The summed E-state index contributed by atoms with van der Waals surface area (Å²) in [4.78, 5) is 12.1. The van der Waals surface area contributed by atoms with E-state index in [9.17, 15) is 9.18 Å². The molecule has 0 radical (unpaired) electrons. The summed E-state index contributed by atoms with van der Waals surface area (Å²) >= 11 is 0. The number of hydrogen-bond acceptors (Lipinski definition) is 3. The fraction of sp³-hybridized carbons (Fsp3) is 0.160. The largest absolute Gasteiger partial charge is 0.449 e. The van der Waals surface area contributed by atoms with E-state index in [1.54, 1.807) is 6.07 Å². The van der Waals surface area contributed by atoms with Gasteiger partial charge in [-0.3, -0.25) is 0 Å². The summed E-state index contributed by atoms with van der Waals surface area (Å²) in [6.07, 6.45) is -0.538. The summed E-state index contributed by atoms with van der Waals surface area (Å²) < 4.78 is 18.8. The number of ether oxygens (including phenoxy) is 1. The maximum absolute atomic E-state index is 13.4. The van der Waals surface area contributed by atoms with E-state index in [1.807, 2.05) is 24.3 Å². The minimum absolute atomic E-state index is 0.00800. The van der Waals surface area contributed by atoms with Crippen molar-refractivity contribution in [3.63, 3.8) is 0 Å².